The number of hydrogen-bond donors (Lipinski definition) is 1. The molecule has 2 heterocycles. The van der Waals surface area contributed by atoms with Gasteiger partial charge in [-0.1, -0.05) is 49.2 Å². The lowest BCUT2D eigenvalue weighted by atomic mass is 9.93. The van der Waals surface area contributed by atoms with Crippen molar-refractivity contribution in [2.75, 3.05) is 14.2 Å². The minimum absolute atomic E-state index is 0.110. The van der Waals surface area contributed by atoms with E-state index >= 15 is 0 Å². The Morgan fingerprint density at radius 3 is 2.36 bits per heavy atom. The molecule has 1 fully saturated rings. The van der Waals surface area contributed by atoms with Gasteiger partial charge < -0.3 is 24.3 Å². The highest BCUT2D eigenvalue weighted by atomic mass is 16.5. The smallest absolute Gasteiger partial charge is 0.271 e. The van der Waals surface area contributed by atoms with Gasteiger partial charge in [0.25, 0.3) is 5.91 Å². The molecule has 1 saturated carbocycles. The Morgan fingerprint density at radius 2 is 1.67 bits per heavy atom. The number of benzene rings is 2. The summed E-state index contributed by atoms with van der Waals surface area (Å²) in [7, 11) is 3.18. The highest BCUT2D eigenvalue weighted by Gasteiger charge is 2.48. The quantitative estimate of drug-likeness (QED) is 0.527. The number of fused-ring (bicyclic) bond motifs is 1. The van der Waals surface area contributed by atoms with Crippen LogP contribution in [0.15, 0.2) is 60.7 Å². The van der Waals surface area contributed by atoms with Gasteiger partial charge in [-0.15, -0.1) is 0 Å². The molecule has 2 aromatic carbocycles. The van der Waals surface area contributed by atoms with Crippen LogP contribution in [-0.4, -0.2) is 47.1 Å². The molecule has 1 aliphatic heterocycles. The number of rotatable bonds is 7. The molecule has 0 unspecified atom stereocenters. The topological polar surface area (TPSA) is 72.8 Å². The van der Waals surface area contributed by atoms with Crippen LogP contribution in [-0.2, 0) is 17.9 Å². The van der Waals surface area contributed by atoms with E-state index in [1.807, 2.05) is 72.2 Å². The minimum atomic E-state index is -1.07. The lowest BCUT2D eigenvalue weighted by Gasteiger charge is -2.45. The predicted molar refractivity (Wildman–Crippen MR) is 138 cm³/mol. The second kappa shape index (κ2) is 9.72. The molecule has 1 aliphatic carbocycles. The molecule has 2 aliphatic rings. The van der Waals surface area contributed by atoms with Gasteiger partial charge in [-0.3, -0.25) is 9.59 Å². The van der Waals surface area contributed by atoms with Crippen LogP contribution in [0.25, 0.3) is 11.3 Å². The summed E-state index contributed by atoms with van der Waals surface area (Å²) in [5.74, 6) is 0.935. The summed E-state index contributed by atoms with van der Waals surface area (Å²) in [6, 6.07) is 19.6. The van der Waals surface area contributed by atoms with Crippen LogP contribution in [0.3, 0.4) is 0 Å². The van der Waals surface area contributed by atoms with Crippen molar-refractivity contribution in [1.82, 2.24) is 14.8 Å². The zero-order valence-corrected chi connectivity index (χ0v) is 21.1. The van der Waals surface area contributed by atoms with Crippen molar-refractivity contribution in [2.45, 2.75) is 57.3 Å². The summed E-state index contributed by atoms with van der Waals surface area (Å²) < 4.78 is 12.8. The summed E-state index contributed by atoms with van der Waals surface area (Å²) >= 11 is 0. The van der Waals surface area contributed by atoms with Crippen LogP contribution < -0.4 is 14.8 Å². The monoisotopic (exact) mass is 487 g/mol. The summed E-state index contributed by atoms with van der Waals surface area (Å²) in [4.78, 5) is 29.5. The number of nitrogens with zero attached hydrogens (tertiary/aromatic N) is 2. The molecule has 0 bridgehead atoms. The molecule has 7 nitrogen and oxygen atoms in total. The Balaban J connectivity index is 1.54. The average Bonchev–Trinajstić information content (AvgIpc) is 3.57. The maximum absolute atomic E-state index is 14.0. The Kier molecular flexibility index (Phi) is 6.48. The van der Waals surface area contributed by atoms with E-state index in [4.69, 9.17) is 9.47 Å². The number of nitrogens with one attached hydrogen (secondary N) is 1. The van der Waals surface area contributed by atoms with Crippen LogP contribution in [0.5, 0.6) is 11.5 Å². The molecule has 1 atom stereocenters. The zero-order valence-electron chi connectivity index (χ0n) is 21.1. The van der Waals surface area contributed by atoms with Crippen molar-refractivity contribution >= 4 is 11.8 Å². The summed E-state index contributed by atoms with van der Waals surface area (Å²) in [6.45, 7) is 2.53. The molecule has 0 spiro atoms. The van der Waals surface area contributed by atoms with E-state index in [9.17, 15) is 9.59 Å². The third-order valence-electron chi connectivity index (χ3n) is 7.54. The van der Waals surface area contributed by atoms with Crippen molar-refractivity contribution < 1.29 is 19.1 Å². The molecule has 3 aromatic rings. The van der Waals surface area contributed by atoms with Crippen LogP contribution in [0.1, 0.15) is 48.7 Å². The van der Waals surface area contributed by atoms with Gasteiger partial charge in [0.1, 0.15) is 11.2 Å². The van der Waals surface area contributed by atoms with E-state index in [2.05, 4.69) is 5.32 Å². The van der Waals surface area contributed by atoms with E-state index in [0.29, 0.717) is 23.7 Å². The van der Waals surface area contributed by atoms with Gasteiger partial charge >= 0.3 is 0 Å². The Bertz CT molecular complexity index is 1260. The first-order chi connectivity index (χ1) is 17.4. The Labute approximate surface area is 212 Å². The first-order valence-corrected chi connectivity index (χ1v) is 12.5. The maximum Gasteiger partial charge on any atom is 0.271 e. The lowest BCUT2D eigenvalue weighted by Crippen LogP contribution is -2.64. The summed E-state index contributed by atoms with van der Waals surface area (Å²) in [5.41, 5.74) is 2.33. The van der Waals surface area contributed by atoms with Crippen molar-refractivity contribution in [2.24, 2.45) is 0 Å². The van der Waals surface area contributed by atoms with Gasteiger partial charge in [-0.05, 0) is 55.2 Å². The van der Waals surface area contributed by atoms with Gasteiger partial charge in [0.2, 0.25) is 5.91 Å². The second-order valence-corrected chi connectivity index (χ2v) is 9.87. The first-order valence-electron chi connectivity index (χ1n) is 12.5. The second-order valence-electron chi connectivity index (χ2n) is 9.87. The van der Waals surface area contributed by atoms with E-state index in [-0.39, 0.29) is 24.4 Å². The molecule has 7 heteroatoms. The standard InChI is InChI=1S/C29H33N3O4/c1-29(28(34)30-22-11-7-8-12-22)19-31-23(21-9-5-4-6-10-21)14-15-24(31)27(33)32(29)18-20-13-16-25(35-2)26(17-20)36-3/h4-6,9-10,13-17,22H,7-8,11-12,18-19H2,1-3H3,(H,30,34)/t29-/m0/s1. The Hall–Kier alpha value is -3.74. The minimum Gasteiger partial charge on any atom is -0.493 e. The molecule has 1 N–H and O–H groups in total. The van der Waals surface area contributed by atoms with Crippen molar-refractivity contribution in [1.29, 1.82) is 0 Å². The highest BCUT2D eigenvalue weighted by Crippen LogP contribution is 2.36. The van der Waals surface area contributed by atoms with E-state index < -0.39 is 5.54 Å². The SMILES string of the molecule is COc1ccc(CN2C(=O)c3ccc(-c4ccccc4)n3C[C@@]2(C)C(=O)NC2CCCC2)cc1OC. The van der Waals surface area contributed by atoms with Crippen LogP contribution in [0.4, 0.5) is 0 Å². The first kappa shape index (κ1) is 24.0. The molecular formula is C29H33N3O4. The normalized spacial score (nSPS) is 19.8. The number of aromatic nitrogens is 1. The third-order valence-corrected chi connectivity index (χ3v) is 7.54. The molecule has 1 aromatic heterocycles. The van der Waals surface area contributed by atoms with Crippen molar-refractivity contribution in [3.05, 3.63) is 71.9 Å². The number of ether oxygens (including phenoxy) is 2. The number of methoxy groups -OCH3 is 2. The maximum atomic E-state index is 14.0. The van der Waals surface area contributed by atoms with Gasteiger partial charge in [0.15, 0.2) is 11.5 Å². The van der Waals surface area contributed by atoms with Crippen LogP contribution in [0.2, 0.25) is 0 Å². The van der Waals surface area contributed by atoms with Gasteiger partial charge in [0.05, 0.1) is 20.8 Å². The molecule has 0 saturated heterocycles. The molecule has 5 rings (SSSR count). The number of hydrogen-bond acceptors (Lipinski definition) is 4. The van der Waals surface area contributed by atoms with Gasteiger partial charge in [-0.25, -0.2) is 0 Å². The molecule has 2 amide bonds. The summed E-state index contributed by atoms with van der Waals surface area (Å²) in [5, 5.41) is 3.26. The molecule has 188 valence electrons. The highest BCUT2D eigenvalue weighted by molar-refractivity contribution is 6.00. The van der Waals surface area contributed by atoms with Gasteiger partial charge in [0, 0.05) is 18.3 Å². The fraction of sp³-hybridized carbons (Fsp3) is 0.379. The lowest BCUT2D eigenvalue weighted by molar-refractivity contribution is -0.133. The molecule has 36 heavy (non-hydrogen) atoms. The van der Waals surface area contributed by atoms with Crippen LogP contribution in [0, 0.1) is 0 Å². The van der Waals surface area contributed by atoms with Gasteiger partial charge in [-0.2, -0.15) is 0 Å². The Morgan fingerprint density at radius 1 is 0.972 bits per heavy atom. The third kappa shape index (κ3) is 4.23. The fourth-order valence-electron chi connectivity index (χ4n) is 5.45. The van der Waals surface area contributed by atoms with E-state index in [1.54, 1.807) is 19.1 Å². The average molecular weight is 488 g/mol. The molecule has 0 radical (unpaired) electrons. The molecular weight excluding hydrogens is 454 g/mol. The van der Waals surface area contributed by atoms with E-state index in [1.165, 1.54) is 0 Å². The number of carbonyl (C=O) groups is 2. The fourth-order valence-corrected chi connectivity index (χ4v) is 5.45. The van der Waals surface area contributed by atoms with Crippen molar-refractivity contribution in [3.8, 4) is 22.8 Å². The largest absolute Gasteiger partial charge is 0.493 e. The van der Waals surface area contributed by atoms with Crippen LogP contribution >= 0.6 is 0 Å². The van der Waals surface area contributed by atoms with E-state index in [0.717, 1.165) is 42.5 Å². The predicted octanol–water partition coefficient (Wildman–Crippen LogP) is 4.65. The number of amides is 2. The number of carbonyl (C=O) groups excluding carboxylic acids is 2. The zero-order chi connectivity index (χ0) is 25.3. The summed E-state index contributed by atoms with van der Waals surface area (Å²) in [6.07, 6.45) is 4.21. The van der Waals surface area contributed by atoms with Crippen molar-refractivity contribution in [3.63, 3.8) is 0 Å².